The Labute approximate surface area is 136 Å². The van der Waals surface area contributed by atoms with Crippen LogP contribution in [-0.2, 0) is 0 Å². The van der Waals surface area contributed by atoms with E-state index in [1.54, 1.807) is 0 Å². The molecule has 1 aromatic carbocycles. The molecule has 2 aromatic rings. The van der Waals surface area contributed by atoms with Gasteiger partial charge in [0.15, 0.2) is 0 Å². The van der Waals surface area contributed by atoms with Crippen LogP contribution in [0.1, 0.15) is 16.9 Å². The number of amides is 1. The van der Waals surface area contributed by atoms with E-state index in [0.717, 1.165) is 30.8 Å². The molecule has 1 amide bonds. The zero-order valence-electron chi connectivity index (χ0n) is 11.4. The first-order valence-electron chi connectivity index (χ1n) is 6.56. The van der Waals surface area contributed by atoms with E-state index in [-0.39, 0.29) is 40.6 Å². The summed E-state index contributed by atoms with van der Waals surface area (Å²) in [5.41, 5.74) is -0.00589. The molecule has 1 unspecified atom stereocenters. The van der Waals surface area contributed by atoms with Gasteiger partial charge in [-0.2, -0.15) is 0 Å². The number of aromatic nitrogens is 1. The summed E-state index contributed by atoms with van der Waals surface area (Å²) in [5, 5.41) is 7.67. The predicted molar refractivity (Wildman–Crippen MR) is 83.5 cm³/mol. The van der Waals surface area contributed by atoms with Gasteiger partial charge in [-0.15, -0.1) is 23.7 Å². The molecular formula is C14H14ClF2N3OS. The van der Waals surface area contributed by atoms with E-state index in [4.69, 9.17) is 0 Å². The monoisotopic (exact) mass is 345 g/mol. The van der Waals surface area contributed by atoms with Gasteiger partial charge in [0.2, 0.25) is 0 Å². The van der Waals surface area contributed by atoms with E-state index in [1.165, 1.54) is 23.6 Å². The van der Waals surface area contributed by atoms with Crippen LogP contribution >= 0.6 is 23.7 Å². The van der Waals surface area contributed by atoms with Crippen molar-refractivity contribution in [1.29, 1.82) is 0 Å². The molecule has 1 fully saturated rings. The standard InChI is InChI=1S/C14H13F2N3OS.ClH/c15-9-2-1-3-10(16)12(9)14-19-11(7-21-14)13(20)18-8-4-5-17-6-8;/h1-3,7-8,17H,4-6H2,(H,18,20);1H. The molecule has 0 aliphatic carbocycles. The molecule has 2 N–H and O–H groups in total. The van der Waals surface area contributed by atoms with Crippen LogP contribution < -0.4 is 10.6 Å². The van der Waals surface area contributed by atoms with Gasteiger partial charge in [-0.25, -0.2) is 13.8 Å². The maximum Gasteiger partial charge on any atom is 0.271 e. The first-order valence-corrected chi connectivity index (χ1v) is 7.44. The Morgan fingerprint density at radius 2 is 2.09 bits per heavy atom. The van der Waals surface area contributed by atoms with E-state index in [1.807, 2.05) is 0 Å². The molecule has 1 atom stereocenters. The number of nitrogens with one attached hydrogen (secondary N) is 2. The van der Waals surface area contributed by atoms with Crippen molar-refractivity contribution in [3.63, 3.8) is 0 Å². The third kappa shape index (κ3) is 3.43. The minimum absolute atomic E-state index is 0. The van der Waals surface area contributed by atoms with E-state index in [0.29, 0.717) is 0 Å². The molecule has 0 spiro atoms. The van der Waals surface area contributed by atoms with Crippen molar-refractivity contribution in [2.75, 3.05) is 13.1 Å². The van der Waals surface area contributed by atoms with Gasteiger partial charge in [-0.3, -0.25) is 4.79 Å². The number of hydrogen-bond donors (Lipinski definition) is 2. The molecule has 1 aliphatic heterocycles. The lowest BCUT2D eigenvalue weighted by Crippen LogP contribution is -2.36. The van der Waals surface area contributed by atoms with Gasteiger partial charge in [-0.1, -0.05) is 6.07 Å². The van der Waals surface area contributed by atoms with Gasteiger partial charge >= 0.3 is 0 Å². The van der Waals surface area contributed by atoms with Crippen molar-refractivity contribution in [2.24, 2.45) is 0 Å². The lowest BCUT2D eigenvalue weighted by molar-refractivity contribution is 0.0936. The minimum Gasteiger partial charge on any atom is -0.347 e. The Balaban J connectivity index is 0.00000176. The molecule has 1 aliphatic rings. The molecule has 1 aromatic heterocycles. The van der Waals surface area contributed by atoms with Crippen molar-refractivity contribution in [3.05, 3.63) is 40.9 Å². The molecule has 3 rings (SSSR count). The topological polar surface area (TPSA) is 54.0 Å². The van der Waals surface area contributed by atoms with Gasteiger partial charge in [0.1, 0.15) is 22.3 Å². The molecule has 8 heteroatoms. The predicted octanol–water partition coefficient (Wildman–Crippen LogP) is 2.60. The first kappa shape index (κ1) is 16.8. The third-order valence-corrected chi connectivity index (χ3v) is 4.17. The average molecular weight is 346 g/mol. The number of halogens is 3. The van der Waals surface area contributed by atoms with Crippen LogP contribution in [0.5, 0.6) is 0 Å². The van der Waals surface area contributed by atoms with Crippen molar-refractivity contribution < 1.29 is 13.6 Å². The number of rotatable bonds is 3. The van der Waals surface area contributed by atoms with Gasteiger partial charge in [0.25, 0.3) is 5.91 Å². The van der Waals surface area contributed by atoms with E-state index in [9.17, 15) is 13.6 Å². The van der Waals surface area contributed by atoms with Crippen molar-refractivity contribution in [3.8, 4) is 10.6 Å². The fourth-order valence-corrected chi connectivity index (χ4v) is 3.08. The normalized spacial score (nSPS) is 17.1. The maximum absolute atomic E-state index is 13.7. The molecule has 1 saturated heterocycles. The van der Waals surface area contributed by atoms with Crippen LogP contribution in [0, 0.1) is 11.6 Å². The van der Waals surface area contributed by atoms with Crippen LogP contribution in [0.15, 0.2) is 23.6 Å². The van der Waals surface area contributed by atoms with Crippen LogP contribution in [0.2, 0.25) is 0 Å². The summed E-state index contributed by atoms with van der Waals surface area (Å²) in [4.78, 5) is 16.1. The van der Waals surface area contributed by atoms with Gasteiger partial charge < -0.3 is 10.6 Å². The number of carbonyl (C=O) groups is 1. The van der Waals surface area contributed by atoms with Crippen molar-refractivity contribution in [1.82, 2.24) is 15.6 Å². The third-order valence-electron chi connectivity index (χ3n) is 3.31. The van der Waals surface area contributed by atoms with E-state index in [2.05, 4.69) is 15.6 Å². The second kappa shape index (κ2) is 7.13. The highest BCUT2D eigenvalue weighted by Crippen LogP contribution is 2.28. The minimum atomic E-state index is -0.684. The smallest absolute Gasteiger partial charge is 0.271 e. The molecule has 4 nitrogen and oxygen atoms in total. The highest BCUT2D eigenvalue weighted by molar-refractivity contribution is 7.13. The summed E-state index contributed by atoms with van der Waals surface area (Å²) in [5.74, 6) is -1.68. The molecule has 22 heavy (non-hydrogen) atoms. The second-order valence-corrected chi connectivity index (χ2v) is 5.66. The number of nitrogens with zero attached hydrogens (tertiary/aromatic N) is 1. The Morgan fingerprint density at radius 3 is 2.73 bits per heavy atom. The largest absolute Gasteiger partial charge is 0.347 e. The first-order chi connectivity index (χ1) is 10.1. The Morgan fingerprint density at radius 1 is 1.36 bits per heavy atom. The zero-order chi connectivity index (χ0) is 14.8. The number of carbonyl (C=O) groups excluding carboxylic acids is 1. The summed E-state index contributed by atoms with van der Waals surface area (Å²) < 4.78 is 27.4. The highest BCUT2D eigenvalue weighted by Gasteiger charge is 2.21. The quantitative estimate of drug-likeness (QED) is 0.899. The lowest BCUT2D eigenvalue weighted by Gasteiger charge is -2.09. The summed E-state index contributed by atoms with van der Waals surface area (Å²) >= 11 is 1.05. The molecule has 0 radical (unpaired) electrons. The molecule has 2 heterocycles. The average Bonchev–Trinajstić information content (AvgIpc) is 3.10. The van der Waals surface area contributed by atoms with Crippen LogP contribution in [0.3, 0.4) is 0 Å². The highest BCUT2D eigenvalue weighted by atomic mass is 35.5. The number of thiazole rings is 1. The molecular weight excluding hydrogens is 332 g/mol. The Bertz CT molecular complexity index is 654. The number of benzene rings is 1. The van der Waals surface area contributed by atoms with E-state index >= 15 is 0 Å². The zero-order valence-corrected chi connectivity index (χ0v) is 13.1. The van der Waals surface area contributed by atoms with Crippen molar-refractivity contribution >= 4 is 29.7 Å². The fraction of sp³-hybridized carbons (Fsp3) is 0.286. The maximum atomic E-state index is 13.7. The summed E-state index contributed by atoms with van der Waals surface area (Å²) in [6, 6.07) is 3.71. The van der Waals surface area contributed by atoms with Crippen LogP contribution in [0.4, 0.5) is 8.78 Å². The summed E-state index contributed by atoms with van der Waals surface area (Å²) in [6.07, 6.45) is 0.866. The van der Waals surface area contributed by atoms with Gasteiger partial charge in [0, 0.05) is 18.0 Å². The van der Waals surface area contributed by atoms with Gasteiger partial charge in [-0.05, 0) is 25.1 Å². The summed E-state index contributed by atoms with van der Waals surface area (Å²) in [6.45, 7) is 1.60. The summed E-state index contributed by atoms with van der Waals surface area (Å²) in [7, 11) is 0. The molecule has 0 saturated carbocycles. The van der Waals surface area contributed by atoms with Crippen LogP contribution in [-0.4, -0.2) is 30.0 Å². The van der Waals surface area contributed by atoms with Gasteiger partial charge in [0.05, 0.1) is 5.56 Å². The lowest BCUT2D eigenvalue weighted by atomic mass is 10.2. The second-order valence-electron chi connectivity index (χ2n) is 4.80. The van der Waals surface area contributed by atoms with Crippen LogP contribution in [0.25, 0.3) is 10.6 Å². The van der Waals surface area contributed by atoms with E-state index < -0.39 is 11.6 Å². The SMILES string of the molecule is Cl.O=C(NC1CCNC1)c1csc(-c2c(F)cccc2F)n1. The van der Waals surface area contributed by atoms with Crippen molar-refractivity contribution in [2.45, 2.75) is 12.5 Å². The molecule has 118 valence electrons. The molecule has 0 bridgehead atoms. The number of hydrogen-bond acceptors (Lipinski definition) is 4. The Kier molecular flexibility index (Phi) is 5.44. The Hall–Kier alpha value is -1.57. The fourth-order valence-electron chi connectivity index (χ4n) is 2.23.